The highest BCUT2D eigenvalue weighted by molar-refractivity contribution is 9.10. The molecule has 0 spiro atoms. The number of carbonyl (C=O) groups is 1. The molecular formula is C11H7BrClNO2S. The fourth-order valence-electron chi connectivity index (χ4n) is 1.23. The third-order valence-electron chi connectivity index (χ3n) is 2.03. The van der Waals surface area contributed by atoms with Gasteiger partial charge in [0, 0.05) is 4.47 Å². The van der Waals surface area contributed by atoms with Gasteiger partial charge >= 0.3 is 0 Å². The van der Waals surface area contributed by atoms with E-state index in [4.69, 9.17) is 16.3 Å². The van der Waals surface area contributed by atoms with Crippen LogP contribution in [0.15, 0.2) is 22.7 Å². The Labute approximate surface area is 116 Å². The first-order valence-electron chi connectivity index (χ1n) is 4.65. The standard InChI is InChI=1S/C11H7BrClNO2S/c1-6-4-7(12)2-3-8(6)16-11-14-10(13)9(5-15)17-11/h2-5H,1H3. The maximum Gasteiger partial charge on any atom is 0.280 e. The van der Waals surface area contributed by atoms with E-state index in [0.717, 1.165) is 21.4 Å². The summed E-state index contributed by atoms with van der Waals surface area (Å²) in [6.07, 6.45) is 0.668. The predicted octanol–water partition coefficient (Wildman–Crippen LogP) is 4.47. The zero-order chi connectivity index (χ0) is 12.4. The maximum absolute atomic E-state index is 10.6. The summed E-state index contributed by atoms with van der Waals surface area (Å²) >= 11 is 10.3. The van der Waals surface area contributed by atoms with Gasteiger partial charge in [-0.2, -0.15) is 4.98 Å². The zero-order valence-electron chi connectivity index (χ0n) is 8.74. The van der Waals surface area contributed by atoms with E-state index in [1.165, 1.54) is 0 Å². The Morgan fingerprint density at radius 3 is 2.88 bits per heavy atom. The van der Waals surface area contributed by atoms with E-state index in [0.29, 0.717) is 22.1 Å². The second kappa shape index (κ2) is 5.16. The quantitative estimate of drug-likeness (QED) is 0.778. The summed E-state index contributed by atoms with van der Waals surface area (Å²) in [7, 11) is 0. The van der Waals surface area contributed by atoms with Gasteiger partial charge in [0.1, 0.15) is 10.6 Å². The SMILES string of the molecule is Cc1cc(Br)ccc1Oc1nc(Cl)c(C=O)s1. The Balaban J connectivity index is 2.28. The Morgan fingerprint density at radius 1 is 1.53 bits per heavy atom. The molecule has 0 saturated carbocycles. The van der Waals surface area contributed by atoms with E-state index < -0.39 is 0 Å². The number of ether oxygens (including phenoxy) is 1. The second-order valence-electron chi connectivity index (χ2n) is 3.26. The lowest BCUT2D eigenvalue weighted by Gasteiger charge is -2.05. The molecule has 0 aliphatic rings. The van der Waals surface area contributed by atoms with E-state index in [1.54, 1.807) is 0 Å². The average molecular weight is 333 g/mol. The number of carbonyl (C=O) groups excluding carboxylic acids is 1. The highest BCUT2D eigenvalue weighted by Gasteiger charge is 2.11. The first-order chi connectivity index (χ1) is 8.10. The van der Waals surface area contributed by atoms with Gasteiger partial charge in [-0.1, -0.05) is 38.9 Å². The Morgan fingerprint density at radius 2 is 2.29 bits per heavy atom. The number of rotatable bonds is 3. The van der Waals surface area contributed by atoms with Gasteiger partial charge < -0.3 is 4.74 Å². The molecule has 1 aromatic carbocycles. The van der Waals surface area contributed by atoms with Crippen molar-refractivity contribution < 1.29 is 9.53 Å². The minimum atomic E-state index is 0.176. The Kier molecular flexibility index (Phi) is 3.81. The normalized spacial score (nSPS) is 10.3. The number of aromatic nitrogens is 1. The van der Waals surface area contributed by atoms with Crippen molar-refractivity contribution in [2.24, 2.45) is 0 Å². The molecular weight excluding hydrogens is 326 g/mol. The second-order valence-corrected chi connectivity index (χ2v) is 5.53. The molecule has 3 nitrogen and oxygen atoms in total. The van der Waals surface area contributed by atoms with Crippen LogP contribution in [0.5, 0.6) is 10.9 Å². The summed E-state index contributed by atoms with van der Waals surface area (Å²) in [5.74, 6) is 0.691. The minimum absolute atomic E-state index is 0.176. The van der Waals surface area contributed by atoms with Crippen molar-refractivity contribution in [1.82, 2.24) is 4.98 Å². The molecule has 0 bridgehead atoms. The van der Waals surface area contributed by atoms with E-state index in [-0.39, 0.29) is 5.15 Å². The van der Waals surface area contributed by atoms with Crippen LogP contribution in [0.4, 0.5) is 0 Å². The number of benzene rings is 1. The van der Waals surface area contributed by atoms with E-state index in [1.807, 2.05) is 25.1 Å². The number of aldehydes is 1. The van der Waals surface area contributed by atoms with Gasteiger partial charge in [0.15, 0.2) is 11.4 Å². The van der Waals surface area contributed by atoms with Crippen LogP contribution >= 0.6 is 38.9 Å². The summed E-state index contributed by atoms with van der Waals surface area (Å²) < 4.78 is 6.55. The minimum Gasteiger partial charge on any atom is -0.431 e. The number of hydrogen-bond acceptors (Lipinski definition) is 4. The van der Waals surface area contributed by atoms with Gasteiger partial charge in [0.25, 0.3) is 5.19 Å². The van der Waals surface area contributed by atoms with Crippen molar-refractivity contribution in [3.63, 3.8) is 0 Å². The number of nitrogens with zero attached hydrogens (tertiary/aromatic N) is 1. The number of hydrogen-bond donors (Lipinski definition) is 0. The van der Waals surface area contributed by atoms with Crippen molar-refractivity contribution in [2.75, 3.05) is 0 Å². The van der Waals surface area contributed by atoms with Crippen LogP contribution < -0.4 is 4.74 Å². The summed E-state index contributed by atoms with van der Waals surface area (Å²) in [4.78, 5) is 15.0. The largest absolute Gasteiger partial charge is 0.431 e. The highest BCUT2D eigenvalue weighted by atomic mass is 79.9. The van der Waals surface area contributed by atoms with E-state index in [2.05, 4.69) is 20.9 Å². The lowest BCUT2D eigenvalue weighted by molar-refractivity contribution is 0.112. The van der Waals surface area contributed by atoms with Crippen LogP contribution in [0.2, 0.25) is 5.15 Å². The predicted molar refractivity (Wildman–Crippen MR) is 71.5 cm³/mol. The van der Waals surface area contributed by atoms with Gasteiger partial charge in [0.05, 0.1) is 0 Å². The summed E-state index contributed by atoms with van der Waals surface area (Å²) in [5, 5.41) is 0.539. The Hall–Kier alpha value is -0.910. The van der Waals surface area contributed by atoms with Crippen molar-refractivity contribution >= 4 is 45.2 Å². The molecule has 2 rings (SSSR count). The molecule has 0 N–H and O–H groups in total. The highest BCUT2D eigenvalue weighted by Crippen LogP contribution is 2.33. The van der Waals surface area contributed by atoms with Crippen molar-refractivity contribution in [2.45, 2.75) is 6.92 Å². The molecule has 0 atom stereocenters. The lowest BCUT2D eigenvalue weighted by Crippen LogP contribution is -1.86. The van der Waals surface area contributed by atoms with Crippen LogP contribution in [0.25, 0.3) is 0 Å². The average Bonchev–Trinajstić information content (AvgIpc) is 2.63. The molecule has 0 saturated heterocycles. The third kappa shape index (κ3) is 2.86. The maximum atomic E-state index is 10.6. The van der Waals surface area contributed by atoms with Crippen LogP contribution in [-0.4, -0.2) is 11.3 Å². The molecule has 17 heavy (non-hydrogen) atoms. The summed E-state index contributed by atoms with van der Waals surface area (Å²) in [6.45, 7) is 1.93. The van der Waals surface area contributed by atoms with Crippen molar-refractivity contribution in [1.29, 1.82) is 0 Å². The molecule has 88 valence electrons. The van der Waals surface area contributed by atoms with Gasteiger partial charge in [-0.05, 0) is 30.7 Å². The molecule has 2 aromatic rings. The van der Waals surface area contributed by atoms with Gasteiger partial charge in [-0.3, -0.25) is 4.79 Å². The first kappa shape index (κ1) is 12.5. The molecule has 0 unspecified atom stereocenters. The van der Waals surface area contributed by atoms with Crippen molar-refractivity contribution in [3.05, 3.63) is 38.3 Å². The van der Waals surface area contributed by atoms with Crippen LogP contribution in [0.1, 0.15) is 15.2 Å². The molecule has 0 aliphatic carbocycles. The molecule has 6 heteroatoms. The topological polar surface area (TPSA) is 39.2 Å². The molecule has 1 heterocycles. The third-order valence-corrected chi connectivity index (χ3v) is 3.78. The fraction of sp³-hybridized carbons (Fsp3) is 0.0909. The fourth-order valence-corrected chi connectivity index (χ4v) is 2.63. The molecule has 0 aliphatic heterocycles. The van der Waals surface area contributed by atoms with Crippen LogP contribution in [-0.2, 0) is 0 Å². The number of aryl methyl sites for hydroxylation is 1. The first-order valence-corrected chi connectivity index (χ1v) is 6.64. The zero-order valence-corrected chi connectivity index (χ0v) is 11.9. The van der Waals surface area contributed by atoms with Gasteiger partial charge in [-0.15, -0.1) is 0 Å². The van der Waals surface area contributed by atoms with Crippen molar-refractivity contribution in [3.8, 4) is 10.9 Å². The van der Waals surface area contributed by atoms with E-state index in [9.17, 15) is 4.79 Å². The van der Waals surface area contributed by atoms with Crippen LogP contribution in [0, 0.1) is 6.92 Å². The van der Waals surface area contributed by atoms with Gasteiger partial charge in [0.2, 0.25) is 0 Å². The van der Waals surface area contributed by atoms with Crippen LogP contribution in [0.3, 0.4) is 0 Å². The summed E-state index contributed by atoms with van der Waals surface area (Å²) in [6, 6.07) is 5.64. The molecule has 1 aromatic heterocycles. The summed E-state index contributed by atoms with van der Waals surface area (Å²) in [5.41, 5.74) is 0.971. The number of halogens is 2. The lowest BCUT2D eigenvalue weighted by atomic mass is 10.2. The Bertz CT molecular complexity index is 571. The van der Waals surface area contributed by atoms with E-state index >= 15 is 0 Å². The molecule has 0 amide bonds. The molecule has 0 radical (unpaired) electrons. The smallest absolute Gasteiger partial charge is 0.280 e. The van der Waals surface area contributed by atoms with Gasteiger partial charge in [-0.25, -0.2) is 0 Å². The number of thiazole rings is 1. The monoisotopic (exact) mass is 331 g/mol. The molecule has 0 fully saturated rings.